The summed E-state index contributed by atoms with van der Waals surface area (Å²) in [5.41, 5.74) is 7.56. The standard InChI is InChI=1S/C20H18N2O3S/c1-12-8-9-15(25-12)10-11-16(23)22-20-18(19(21)24)17(13(2)26-20)14-6-4-3-5-7-14/h3-11H,1-2H3,(H2,21,24)(H,22,23)/b11-10+. The van der Waals surface area contributed by atoms with Crippen LogP contribution in [0.2, 0.25) is 0 Å². The van der Waals surface area contributed by atoms with Gasteiger partial charge >= 0.3 is 0 Å². The van der Waals surface area contributed by atoms with E-state index in [4.69, 9.17) is 10.2 Å². The molecule has 3 N–H and O–H groups in total. The van der Waals surface area contributed by atoms with E-state index in [0.29, 0.717) is 16.3 Å². The maximum Gasteiger partial charge on any atom is 0.252 e. The van der Waals surface area contributed by atoms with Crippen molar-refractivity contribution in [3.8, 4) is 11.1 Å². The van der Waals surface area contributed by atoms with Crippen molar-refractivity contribution in [2.24, 2.45) is 5.73 Å². The zero-order chi connectivity index (χ0) is 18.7. The number of hydrogen-bond donors (Lipinski definition) is 2. The molecule has 0 fully saturated rings. The molecule has 5 nitrogen and oxygen atoms in total. The summed E-state index contributed by atoms with van der Waals surface area (Å²) in [7, 11) is 0. The summed E-state index contributed by atoms with van der Waals surface area (Å²) < 4.78 is 5.39. The molecule has 0 aliphatic carbocycles. The minimum absolute atomic E-state index is 0.328. The van der Waals surface area contributed by atoms with E-state index in [-0.39, 0.29) is 5.91 Å². The lowest BCUT2D eigenvalue weighted by molar-refractivity contribution is -0.111. The number of amides is 2. The first-order valence-corrected chi connectivity index (χ1v) is 8.81. The third kappa shape index (κ3) is 3.75. The SMILES string of the molecule is Cc1ccc(/C=C/C(=O)Nc2sc(C)c(-c3ccccc3)c2C(N)=O)o1. The largest absolute Gasteiger partial charge is 0.462 e. The molecule has 2 amide bonds. The average Bonchev–Trinajstić information content (AvgIpc) is 3.16. The van der Waals surface area contributed by atoms with Gasteiger partial charge in [-0.3, -0.25) is 9.59 Å². The van der Waals surface area contributed by atoms with Crippen LogP contribution in [0.3, 0.4) is 0 Å². The maximum atomic E-state index is 12.2. The Morgan fingerprint density at radius 2 is 1.85 bits per heavy atom. The van der Waals surface area contributed by atoms with Crippen LogP contribution in [0, 0.1) is 13.8 Å². The number of nitrogens with two attached hydrogens (primary N) is 1. The zero-order valence-corrected chi connectivity index (χ0v) is 15.2. The third-order valence-electron chi connectivity index (χ3n) is 3.79. The van der Waals surface area contributed by atoms with Gasteiger partial charge in [-0.1, -0.05) is 30.3 Å². The highest BCUT2D eigenvalue weighted by atomic mass is 32.1. The summed E-state index contributed by atoms with van der Waals surface area (Å²) in [5, 5.41) is 3.19. The predicted molar refractivity (Wildman–Crippen MR) is 104 cm³/mol. The highest BCUT2D eigenvalue weighted by Crippen LogP contribution is 2.39. The molecule has 26 heavy (non-hydrogen) atoms. The molecule has 0 aliphatic rings. The van der Waals surface area contributed by atoms with Gasteiger partial charge in [-0.25, -0.2) is 0 Å². The molecule has 0 radical (unpaired) electrons. The second-order valence-electron chi connectivity index (χ2n) is 5.74. The summed E-state index contributed by atoms with van der Waals surface area (Å²) in [6.07, 6.45) is 2.94. The quantitative estimate of drug-likeness (QED) is 0.657. The zero-order valence-electron chi connectivity index (χ0n) is 14.4. The number of thiophene rings is 1. The first-order valence-electron chi connectivity index (χ1n) is 8.00. The lowest BCUT2D eigenvalue weighted by atomic mass is 10.0. The number of anilines is 1. The molecule has 0 saturated carbocycles. The van der Waals surface area contributed by atoms with Crippen LogP contribution in [-0.2, 0) is 4.79 Å². The van der Waals surface area contributed by atoms with E-state index in [1.165, 1.54) is 17.4 Å². The van der Waals surface area contributed by atoms with E-state index in [9.17, 15) is 9.59 Å². The first-order chi connectivity index (χ1) is 12.5. The molecule has 3 rings (SSSR count). The van der Waals surface area contributed by atoms with Crippen LogP contribution in [0.15, 0.2) is 53.0 Å². The maximum absolute atomic E-state index is 12.2. The Labute approximate surface area is 155 Å². The summed E-state index contributed by atoms with van der Waals surface area (Å²) in [6, 6.07) is 13.1. The number of furan rings is 1. The molecule has 0 spiro atoms. The Balaban J connectivity index is 1.89. The minimum atomic E-state index is -0.575. The van der Waals surface area contributed by atoms with Crippen LogP contribution in [0.1, 0.15) is 26.8 Å². The van der Waals surface area contributed by atoms with E-state index in [1.54, 1.807) is 12.1 Å². The lowest BCUT2D eigenvalue weighted by Crippen LogP contribution is -2.16. The fourth-order valence-electron chi connectivity index (χ4n) is 2.67. The molecular formula is C20H18N2O3S. The number of carbonyl (C=O) groups is 2. The number of primary amides is 1. The fourth-order valence-corrected chi connectivity index (χ4v) is 3.76. The average molecular weight is 366 g/mol. The Hall–Kier alpha value is -3.12. The van der Waals surface area contributed by atoms with Crippen molar-refractivity contribution in [2.75, 3.05) is 5.32 Å². The topological polar surface area (TPSA) is 85.3 Å². The van der Waals surface area contributed by atoms with E-state index in [0.717, 1.165) is 21.8 Å². The summed E-state index contributed by atoms with van der Waals surface area (Å²) in [5.74, 6) is 0.416. The highest BCUT2D eigenvalue weighted by Gasteiger charge is 2.22. The van der Waals surface area contributed by atoms with Crippen molar-refractivity contribution in [3.05, 3.63) is 70.5 Å². The summed E-state index contributed by atoms with van der Waals surface area (Å²) in [6.45, 7) is 3.73. The van der Waals surface area contributed by atoms with Gasteiger partial charge in [-0.05, 0) is 37.6 Å². The Kier molecular flexibility index (Phi) is 5.04. The Morgan fingerprint density at radius 1 is 1.12 bits per heavy atom. The number of nitrogens with one attached hydrogen (secondary N) is 1. The van der Waals surface area contributed by atoms with E-state index < -0.39 is 5.91 Å². The number of rotatable bonds is 5. The van der Waals surface area contributed by atoms with Crippen LogP contribution >= 0.6 is 11.3 Å². The van der Waals surface area contributed by atoms with Crippen LogP contribution in [0.5, 0.6) is 0 Å². The van der Waals surface area contributed by atoms with Crippen LogP contribution in [0.25, 0.3) is 17.2 Å². The minimum Gasteiger partial charge on any atom is -0.462 e. The van der Waals surface area contributed by atoms with Gasteiger partial charge in [-0.2, -0.15) is 0 Å². The normalized spacial score (nSPS) is 11.0. The van der Waals surface area contributed by atoms with Crippen molar-refractivity contribution in [3.63, 3.8) is 0 Å². The number of hydrogen-bond acceptors (Lipinski definition) is 4. The monoisotopic (exact) mass is 366 g/mol. The van der Waals surface area contributed by atoms with Crippen molar-refractivity contribution < 1.29 is 14.0 Å². The van der Waals surface area contributed by atoms with Crippen molar-refractivity contribution in [1.29, 1.82) is 0 Å². The molecule has 0 unspecified atom stereocenters. The molecule has 132 valence electrons. The van der Waals surface area contributed by atoms with Gasteiger partial charge in [0.05, 0.1) is 5.56 Å². The number of aryl methyl sites for hydroxylation is 2. The molecule has 0 aliphatic heterocycles. The molecule has 0 atom stereocenters. The number of carbonyl (C=O) groups excluding carboxylic acids is 2. The van der Waals surface area contributed by atoms with Gasteiger partial charge in [0.25, 0.3) is 5.91 Å². The molecule has 1 aromatic carbocycles. The second kappa shape index (κ2) is 7.41. The fraction of sp³-hybridized carbons (Fsp3) is 0.100. The summed E-state index contributed by atoms with van der Waals surface area (Å²) >= 11 is 1.33. The summed E-state index contributed by atoms with van der Waals surface area (Å²) in [4.78, 5) is 25.2. The Bertz CT molecular complexity index is 984. The third-order valence-corrected chi connectivity index (χ3v) is 4.81. The van der Waals surface area contributed by atoms with Gasteiger partial charge in [0, 0.05) is 16.5 Å². The molecule has 6 heteroatoms. The van der Waals surface area contributed by atoms with Crippen molar-refractivity contribution >= 4 is 34.2 Å². The Morgan fingerprint density at radius 3 is 2.46 bits per heavy atom. The number of benzene rings is 1. The second-order valence-corrected chi connectivity index (χ2v) is 6.96. The molecule has 0 saturated heterocycles. The smallest absolute Gasteiger partial charge is 0.252 e. The van der Waals surface area contributed by atoms with Gasteiger partial charge in [-0.15, -0.1) is 11.3 Å². The van der Waals surface area contributed by atoms with Gasteiger partial charge < -0.3 is 15.5 Å². The van der Waals surface area contributed by atoms with E-state index in [1.807, 2.05) is 50.2 Å². The first kappa shape index (κ1) is 17.7. The van der Waals surface area contributed by atoms with E-state index >= 15 is 0 Å². The van der Waals surface area contributed by atoms with Crippen LogP contribution in [-0.4, -0.2) is 11.8 Å². The lowest BCUT2D eigenvalue weighted by Gasteiger charge is -2.05. The van der Waals surface area contributed by atoms with Gasteiger partial charge in [0.2, 0.25) is 5.91 Å². The predicted octanol–water partition coefficient (Wildman–Crippen LogP) is 4.38. The van der Waals surface area contributed by atoms with Crippen molar-refractivity contribution in [1.82, 2.24) is 0 Å². The van der Waals surface area contributed by atoms with Gasteiger partial charge in [0.1, 0.15) is 16.5 Å². The van der Waals surface area contributed by atoms with Gasteiger partial charge in [0.15, 0.2) is 0 Å². The molecule has 2 heterocycles. The van der Waals surface area contributed by atoms with Crippen molar-refractivity contribution in [2.45, 2.75) is 13.8 Å². The highest BCUT2D eigenvalue weighted by molar-refractivity contribution is 7.17. The van der Waals surface area contributed by atoms with E-state index in [2.05, 4.69) is 5.32 Å². The molecule has 3 aromatic rings. The molecule has 2 aromatic heterocycles. The molecule has 0 bridgehead atoms. The molecular weight excluding hydrogens is 348 g/mol. The van der Waals surface area contributed by atoms with Crippen LogP contribution in [0.4, 0.5) is 5.00 Å². The van der Waals surface area contributed by atoms with Crippen LogP contribution < -0.4 is 11.1 Å².